The Bertz CT molecular complexity index is 1440. The summed E-state index contributed by atoms with van der Waals surface area (Å²) >= 11 is 0. The lowest BCUT2D eigenvalue weighted by molar-refractivity contribution is -0.141. The number of fused-ring (bicyclic) bond motifs is 2. The molecule has 1 aromatic heterocycles. The Morgan fingerprint density at radius 3 is 2.62 bits per heavy atom. The number of H-pyrrole nitrogens is 1. The molecule has 2 aromatic rings. The van der Waals surface area contributed by atoms with E-state index in [1.807, 2.05) is 32.0 Å². The maximum atomic E-state index is 14.1. The van der Waals surface area contributed by atoms with Crippen LogP contribution in [0.15, 0.2) is 24.3 Å². The molecule has 1 aromatic carbocycles. The number of Topliss-reactive ketones (excluding diaryl/α,β-unsaturated/α-hetero) is 2. The van der Waals surface area contributed by atoms with Crippen molar-refractivity contribution in [3.05, 3.63) is 30.0 Å². The predicted molar refractivity (Wildman–Crippen MR) is 155 cm³/mol. The SMILES string of the molecule is COc1cccc2[nH]c(C(=O)N3CC4CCCC4C3C(=O)NC(CC3CC(C)(C)CC3=O)C(=O)C(=O)NC3CC3)cc12. The number of benzene rings is 1. The van der Waals surface area contributed by atoms with Crippen molar-refractivity contribution in [3.8, 4) is 5.75 Å². The van der Waals surface area contributed by atoms with Crippen LogP contribution in [0, 0.1) is 23.2 Å². The minimum atomic E-state index is -1.13. The van der Waals surface area contributed by atoms with Gasteiger partial charge in [0.2, 0.25) is 11.7 Å². The molecule has 0 bridgehead atoms. The van der Waals surface area contributed by atoms with E-state index in [-0.39, 0.29) is 41.4 Å². The highest BCUT2D eigenvalue weighted by Crippen LogP contribution is 2.44. The summed E-state index contributed by atoms with van der Waals surface area (Å²) in [4.78, 5) is 71.8. The van der Waals surface area contributed by atoms with Crippen molar-refractivity contribution >= 4 is 40.2 Å². The van der Waals surface area contributed by atoms with Gasteiger partial charge in [-0.05, 0) is 74.0 Å². The molecular weight excluding hydrogens is 536 g/mol. The van der Waals surface area contributed by atoms with Gasteiger partial charge in [0.05, 0.1) is 13.2 Å². The van der Waals surface area contributed by atoms with Gasteiger partial charge < -0.3 is 25.3 Å². The lowest BCUT2D eigenvalue weighted by Crippen LogP contribution is -2.55. The van der Waals surface area contributed by atoms with Gasteiger partial charge in [-0.2, -0.15) is 0 Å². The van der Waals surface area contributed by atoms with Crippen LogP contribution in [0.25, 0.3) is 10.9 Å². The van der Waals surface area contributed by atoms with Crippen molar-refractivity contribution in [1.82, 2.24) is 20.5 Å². The standard InChI is InChI=1S/C32H40N4O6/c1-32(2)14-18(25(37)15-32)12-23(28(38)30(40)33-19-10-11-19)35-29(39)27-20-7-4-6-17(20)16-36(27)31(41)24-13-21-22(34-24)8-5-9-26(21)42-3/h5,8-9,13,17-20,23,27,34H,4,6-7,10-12,14-16H2,1-3H3,(H,33,40)(H,35,39). The van der Waals surface area contributed by atoms with Gasteiger partial charge >= 0.3 is 0 Å². The van der Waals surface area contributed by atoms with Crippen LogP contribution in [0.1, 0.15) is 75.7 Å². The third-order valence-electron chi connectivity index (χ3n) is 9.69. The molecule has 0 radical (unpaired) electrons. The smallest absolute Gasteiger partial charge is 0.289 e. The minimum Gasteiger partial charge on any atom is -0.496 e. The predicted octanol–water partition coefficient (Wildman–Crippen LogP) is 3.15. The fourth-order valence-corrected chi connectivity index (χ4v) is 7.53. The summed E-state index contributed by atoms with van der Waals surface area (Å²) < 4.78 is 5.46. The topological polar surface area (TPSA) is 138 Å². The number of carbonyl (C=O) groups is 5. The number of ketones is 2. The van der Waals surface area contributed by atoms with Crippen LogP contribution >= 0.6 is 0 Å². The van der Waals surface area contributed by atoms with Crippen LogP contribution < -0.4 is 15.4 Å². The molecule has 2 heterocycles. The average molecular weight is 577 g/mol. The third-order valence-corrected chi connectivity index (χ3v) is 9.69. The van der Waals surface area contributed by atoms with E-state index >= 15 is 0 Å². The van der Waals surface area contributed by atoms with Gasteiger partial charge in [0.15, 0.2) is 0 Å². The number of methoxy groups -OCH3 is 1. The van der Waals surface area contributed by atoms with Crippen LogP contribution in [0.5, 0.6) is 5.75 Å². The molecule has 4 fully saturated rings. The van der Waals surface area contributed by atoms with Crippen molar-refractivity contribution in [2.24, 2.45) is 23.2 Å². The molecule has 3 aliphatic carbocycles. The van der Waals surface area contributed by atoms with Crippen LogP contribution in [-0.4, -0.2) is 71.0 Å². The Morgan fingerprint density at radius 2 is 1.93 bits per heavy atom. The van der Waals surface area contributed by atoms with Crippen molar-refractivity contribution in [2.75, 3.05) is 13.7 Å². The molecule has 10 nitrogen and oxygen atoms in total. The molecular formula is C32H40N4O6. The third kappa shape index (κ3) is 5.43. The zero-order chi connectivity index (χ0) is 29.8. The number of likely N-dealkylation sites (tertiary alicyclic amines) is 1. The number of hydrogen-bond donors (Lipinski definition) is 3. The summed E-state index contributed by atoms with van der Waals surface area (Å²) in [5.74, 6) is -1.73. The molecule has 3 N–H and O–H groups in total. The highest BCUT2D eigenvalue weighted by atomic mass is 16.5. The van der Waals surface area contributed by atoms with Crippen LogP contribution in [0.3, 0.4) is 0 Å². The number of hydrogen-bond acceptors (Lipinski definition) is 6. The number of aromatic amines is 1. The van der Waals surface area contributed by atoms with Gasteiger partial charge in [-0.25, -0.2) is 0 Å². The summed E-state index contributed by atoms with van der Waals surface area (Å²) in [5, 5.41) is 6.39. The molecule has 5 unspecified atom stereocenters. The molecule has 0 spiro atoms. The molecule has 3 saturated carbocycles. The second-order valence-corrected chi connectivity index (χ2v) is 13.5. The molecule has 1 saturated heterocycles. The van der Waals surface area contributed by atoms with Gasteiger partial charge in [-0.1, -0.05) is 26.3 Å². The van der Waals surface area contributed by atoms with E-state index in [9.17, 15) is 24.0 Å². The Hall–Kier alpha value is -3.69. The highest BCUT2D eigenvalue weighted by Gasteiger charge is 2.51. The highest BCUT2D eigenvalue weighted by molar-refractivity contribution is 6.38. The second-order valence-electron chi connectivity index (χ2n) is 13.5. The fourth-order valence-electron chi connectivity index (χ4n) is 7.53. The first-order valence-corrected chi connectivity index (χ1v) is 15.2. The number of nitrogens with one attached hydrogen (secondary N) is 3. The van der Waals surface area contributed by atoms with Gasteiger partial charge in [0, 0.05) is 35.8 Å². The number of rotatable bonds is 9. The number of carbonyl (C=O) groups excluding carboxylic acids is 5. The van der Waals surface area contributed by atoms with E-state index < -0.39 is 35.6 Å². The van der Waals surface area contributed by atoms with Crippen LogP contribution in [0.4, 0.5) is 0 Å². The molecule has 42 heavy (non-hydrogen) atoms. The Morgan fingerprint density at radius 1 is 1.14 bits per heavy atom. The van der Waals surface area contributed by atoms with Gasteiger partial charge in [0.25, 0.3) is 11.8 Å². The lowest BCUT2D eigenvalue weighted by atomic mass is 9.88. The summed E-state index contributed by atoms with van der Waals surface area (Å²) in [6, 6.07) is 5.38. The number of aromatic nitrogens is 1. The van der Waals surface area contributed by atoms with E-state index in [1.54, 1.807) is 18.1 Å². The van der Waals surface area contributed by atoms with E-state index in [0.717, 1.165) is 43.0 Å². The van der Waals surface area contributed by atoms with Gasteiger partial charge in [-0.15, -0.1) is 0 Å². The Balaban J connectivity index is 1.25. The summed E-state index contributed by atoms with van der Waals surface area (Å²) in [7, 11) is 1.58. The zero-order valence-electron chi connectivity index (χ0n) is 24.5. The second kappa shape index (κ2) is 10.9. The lowest BCUT2D eigenvalue weighted by Gasteiger charge is -2.29. The summed E-state index contributed by atoms with van der Waals surface area (Å²) in [5.41, 5.74) is 0.931. The van der Waals surface area contributed by atoms with Crippen molar-refractivity contribution in [1.29, 1.82) is 0 Å². The van der Waals surface area contributed by atoms with E-state index in [2.05, 4.69) is 15.6 Å². The molecule has 6 rings (SSSR count). The molecule has 1 aliphatic heterocycles. The van der Waals surface area contributed by atoms with Crippen molar-refractivity contribution < 1.29 is 28.7 Å². The Labute approximate surface area is 245 Å². The molecule has 3 amide bonds. The number of ether oxygens (including phenoxy) is 1. The molecule has 4 aliphatic rings. The first-order valence-electron chi connectivity index (χ1n) is 15.2. The monoisotopic (exact) mass is 576 g/mol. The quantitative estimate of drug-likeness (QED) is 0.392. The van der Waals surface area contributed by atoms with Gasteiger partial charge in [0.1, 0.15) is 23.3 Å². The molecule has 10 heteroatoms. The largest absolute Gasteiger partial charge is 0.496 e. The number of amides is 3. The average Bonchev–Trinajstić information content (AvgIpc) is 3.26. The Kier molecular flexibility index (Phi) is 7.35. The van der Waals surface area contributed by atoms with Crippen LogP contribution in [-0.2, 0) is 19.2 Å². The normalized spacial score (nSPS) is 27.1. The maximum absolute atomic E-state index is 14.1. The van der Waals surface area contributed by atoms with E-state index in [0.29, 0.717) is 30.8 Å². The first kappa shape index (κ1) is 28.4. The minimum absolute atomic E-state index is 0.0121. The fraction of sp³-hybridized carbons (Fsp3) is 0.594. The zero-order valence-corrected chi connectivity index (χ0v) is 24.5. The summed E-state index contributed by atoms with van der Waals surface area (Å²) in [6.07, 6.45) is 5.45. The van der Waals surface area contributed by atoms with E-state index in [4.69, 9.17) is 4.74 Å². The maximum Gasteiger partial charge on any atom is 0.289 e. The van der Waals surface area contributed by atoms with Crippen LogP contribution in [0.2, 0.25) is 0 Å². The van der Waals surface area contributed by atoms with Crippen molar-refractivity contribution in [2.45, 2.75) is 83.3 Å². The van der Waals surface area contributed by atoms with Crippen molar-refractivity contribution in [3.63, 3.8) is 0 Å². The molecule has 5 atom stereocenters. The summed E-state index contributed by atoms with van der Waals surface area (Å²) in [6.45, 7) is 4.48. The number of nitrogens with zero attached hydrogens (tertiary/aromatic N) is 1. The molecule has 224 valence electrons. The van der Waals surface area contributed by atoms with E-state index in [1.165, 1.54) is 0 Å². The first-order chi connectivity index (χ1) is 20.0. The van der Waals surface area contributed by atoms with Gasteiger partial charge in [-0.3, -0.25) is 24.0 Å².